The van der Waals surface area contributed by atoms with E-state index in [1.165, 1.54) is 5.69 Å². The van der Waals surface area contributed by atoms with Crippen LogP contribution in [0.25, 0.3) is 0 Å². The Labute approximate surface area is 144 Å². The highest BCUT2D eigenvalue weighted by Crippen LogP contribution is 2.22. The molecule has 2 rings (SSSR count). The Morgan fingerprint density at radius 2 is 1.65 bits per heavy atom. The van der Waals surface area contributed by atoms with Gasteiger partial charge in [-0.05, 0) is 56.7 Å². The second kappa shape index (κ2) is 9.06. The Morgan fingerprint density at radius 1 is 1.00 bits per heavy atom. The lowest BCUT2D eigenvalue weighted by Crippen LogP contribution is -3.00. The van der Waals surface area contributed by atoms with Crippen LogP contribution in [-0.4, -0.2) is 19.1 Å². The molecule has 0 atom stereocenters. The van der Waals surface area contributed by atoms with E-state index in [-0.39, 0.29) is 18.4 Å². The summed E-state index contributed by atoms with van der Waals surface area (Å²) in [6.07, 6.45) is 0. The molecule has 2 N–H and O–H groups in total. The third-order valence-electron chi connectivity index (χ3n) is 3.62. The SMILES string of the molecule is CCN(CC)c1ccc(NC(=O)Nc2ccccc2)c(C)c1.[Cl-]. The summed E-state index contributed by atoms with van der Waals surface area (Å²) in [5.74, 6) is 0. The molecule has 124 valence electrons. The Bertz CT molecular complexity index is 627. The van der Waals surface area contributed by atoms with Crippen molar-refractivity contribution in [1.82, 2.24) is 0 Å². The van der Waals surface area contributed by atoms with Gasteiger partial charge < -0.3 is 27.9 Å². The number of nitrogens with zero attached hydrogens (tertiary/aromatic N) is 1. The van der Waals surface area contributed by atoms with Gasteiger partial charge in [0.15, 0.2) is 0 Å². The number of nitrogens with one attached hydrogen (secondary N) is 2. The fraction of sp³-hybridized carbons (Fsp3) is 0.278. The summed E-state index contributed by atoms with van der Waals surface area (Å²) in [5.41, 5.74) is 3.82. The number of aryl methyl sites for hydroxylation is 1. The first-order valence-corrected chi connectivity index (χ1v) is 7.62. The van der Waals surface area contributed by atoms with Gasteiger partial charge in [-0.15, -0.1) is 0 Å². The van der Waals surface area contributed by atoms with Crippen LogP contribution in [0.3, 0.4) is 0 Å². The summed E-state index contributed by atoms with van der Waals surface area (Å²) in [5, 5.41) is 5.71. The number of urea groups is 1. The largest absolute Gasteiger partial charge is 1.00 e. The Morgan fingerprint density at radius 3 is 2.22 bits per heavy atom. The lowest BCUT2D eigenvalue weighted by Gasteiger charge is -2.22. The molecule has 2 aromatic rings. The minimum Gasteiger partial charge on any atom is -1.00 e. The van der Waals surface area contributed by atoms with E-state index in [2.05, 4.69) is 35.4 Å². The summed E-state index contributed by atoms with van der Waals surface area (Å²) < 4.78 is 0. The first-order chi connectivity index (χ1) is 10.6. The lowest BCUT2D eigenvalue weighted by atomic mass is 10.1. The summed E-state index contributed by atoms with van der Waals surface area (Å²) in [6.45, 7) is 8.22. The minimum absolute atomic E-state index is 0. The van der Waals surface area contributed by atoms with Crippen LogP contribution in [-0.2, 0) is 0 Å². The molecule has 2 aromatic carbocycles. The van der Waals surface area contributed by atoms with Gasteiger partial charge in [0.2, 0.25) is 0 Å². The molecular weight excluding hydrogens is 310 g/mol. The van der Waals surface area contributed by atoms with Crippen LogP contribution in [0.4, 0.5) is 21.9 Å². The fourth-order valence-electron chi connectivity index (χ4n) is 2.38. The number of hydrogen-bond acceptors (Lipinski definition) is 2. The molecule has 0 unspecified atom stereocenters. The molecule has 0 bridgehead atoms. The molecular formula is C18H23ClN3O-. The van der Waals surface area contributed by atoms with Crippen molar-refractivity contribution in [3.8, 4) is 0 Å². The molecule has 0 aliphatic carbocycles. The fourth-order valence-corrected chi connectivity index (χ4v) is 2.38. The Kier molecular flexibility index (Phi) is 7.42. The van der Waals surface area contributed by atoms with Crippen LogP contribution in [0, 0.1) is 6.92 Å². The van der Waals surface area contributed by atoms with Crippen LogP contribution in [0.5, 0.6) is 0 Å². The number of rotatable bonds is 5. The molecule has 0 fully saturated rings. The van der Waals surface area contributed by atoms with Gasteiger partial charge in [-0.1, -0.05) is 18.2 Å². The van der Waals surface area contributed by atoms with E-state index in [0.29, 0.717) is 0 Å². The van der Waals surface area contributed by atoms with Gasteiger partial charge in [0.1, 0.15) is 0 Å². The van der Waals surface area contributed by atoms with Crippen molar-refractivity contribution in [2.45, 2.75) is 20.8 Å². The zero-order valence-corrected chi connectivity index (χ0v) is 14.5. The number of hydrogen-bond donors (Lipinski definition) is 2. The number of anilines is 3. The van der Waals surface area contributed by atoms with Crippen molar-refractivity contribution in [3.05, 3.63) is 54.1 Å². The van der Waals surface area contributed by atoms with Crippen LogP contribution in [0.15, 0.2) is 48.5 Å². The van der Waals surface area contributed by atoms with E-state index < -0.39 is 0 Å². The minimum atomic E-state index is -0.232. The molecule has 0 saturated carbocycles. The van der Waals surface area contributed by atoms with E-state index in [9.17, 15) is 4.79 Å². The standard InChI is InChI=1S/C18H23N3O.ClH/c1-4-21(5-2)16-11-12-17(14(3)13-16)20-18(22)19-15-9-7-6-8-10-15;/h6-13H,4-5H2,1-3H3,(H2,19,20,22);1H/p-1. The average molecular weight is 333 g/mol. The third-order valence-corrected chi connectivity index (χ3v) is 3.62. The van der Waals surface area contributed by atoms with E-state index in [0.717, 1.165) is 30.0 Å². The predicted octanol–water partition coefficient (Wildman–Crippen LogP) is 1.49. The molecule has 0 heterocycles. The number of carbonyl (C=O) groups is 1. The molecule has 2 amide bonds. The van der Waals surface area contributed by atoms with Gasteiger partial charge in [0.05, 0.1) is 0 Å². The summed E-state index contributed by atoms with van der Waals surface area (Å²) in [6, 6.07) is 15.3. The van der Waals surface area contributed by atoms with Gasteiger partial charge >= 0.3 is 6.03 Å². The number of halogens is 1. The summed E-state index contributed by atoms with van der Waals surface area (Å²) >= 11 is 0. The van der Waals surface area contributed by atoms with Gasteiger partial charge in [-0.2, -0.15) is 0 Å². The number of carbonyl (C=O) groups excluding carboxylic acids is 1. The van der Waals surface area contributed by atoms with Crippen molar-refractivity contribution in [1.29, 1.82) is 0 Å². The van der Waals surface area contributed by atoms with Gasteiger partial charge in [0, 0.05) is 30.2 Å². The molecule has 0 aromatic heterocycles. The normalized spacial score (nSPS) is 9.70. The molecule has 0 aliphatic heterocycles. The topological polar surface area (TPSA) is 44.4 Å². The highest BCUT2D eigenvalue weighted by molar-refractivity contribution is 6.00. The number of amides is 2. The highest BCUT2D eigenvalue weighted by Gasteiger charge is 2.07. The molecule has 0 aliphatic rings. The zero-order valence-electron chi connectivity index (χ0n) is 13.8. The summed E-state index contributed by atoms with van der Waals surface area (Å²) in [7, 11) is 0. The lowest BCUT2D eigenvalue weighted by molar-refractivity contribution is -0.00000750. The second-order valence-corrected chi connectivity index (χ2v) is 5.12. The Hall–Kier alpha value is -2.20. The zero-order chi connectivity index (χ0) is 15.9. The quantitative estimate of drug-likeness (QED) is 0.871. The maximum atomic E-state index is 12.0. The van der Waals surface area contributed by atoms with E-state index in [1.54, 1.807) is 0 Å². The molecule has 0 radical (unpaired) electrons. The van der Waals surface area contributed by atoms with Crippen molar-refractivity contribution >= 4 is 23.1 Å². The maximum absolute atomic E-state index is 12.0. The van der Waals surface area contributed by atoms with Crippen LogP contribution >= 0.6 is 0 Å². The van der Waals surface area contributed by atoms with Crippen LogP contribution < -0.4 is 27.9 Å². The van der Waals surface area contributed by atoms with E-state index >= 15 is 0 Å². The monoisotopic (exact) mass is 332 g/mol. The second-order valence-electron chi connectivity index (χ2n) is 5.12. The molecule has 0 spiro atoms. The third kappa shape index (κ3) is 5.18. The van der Waals surface area contributed by atoms with Crippen molar-refractivity contribution in [2.24, 2.45) is 0 Å². The first kappa shape index (κ1) is 18.8. The van der Waals surface area contributed by atoms with E-state index in [1.807, 2.05) is 49.4 Å². The first-order valence-electron chi connectivity index (χ1n) is 7.62. The maximum Gasteiger partial charge on any atom is 0.323 e. The summed E-state index contributed by atoms with van der Waals surface area (Å²) in [4.78, 5) is 14.3. The highest BCUT2D eigenvalue weighted by atomic mass is 35.5. The van der Waals surface area contributed by atoms with Crippen molar-refractivity contribution < 1.29 is 17.2 Å². The van der Waals surface area contributed by atoms with Crippen molar-refractivity contribution in [2.75, 3.05) is 28.6 Å². The molecule has 23 heavy (non-hydrogen) atoms. The molecule has 4 nitrogen and oxygen atoms in total. The van der Waals surface area contributed by atoms with Crippen LogP contribution in [0.1, 0.15) is 19.4 Å². The van der Waals surface area contributed by atoms with Gasteiger partial charge in [0.25, 0.3) is 0 Å². The Balaban J connectivity index is 0.00000264. The average Bonchev–Trinajstić information content (AvgIpc) is 2.52. The molecule has 0 saturated heterocycles. The number of benzene rings is 2. The van der Waals surface area contributed by atoms with Crippen molar-refractivity contribution in [3.63, 3.8) is 0 Å². The smallest absolute Gasteiger partial charge is 0.323 e. The van der Waals surface area contributed by atoms with Gasteiger partial charge in [-0.3, -0.25) is 0 Å². The van der Waals surface area contributed by atoms with Crippen LogP contribution in [0.2, 0.25) is 0 Å². The van der Waals surface area contributed by atoms with Gasteiger partial charge in [-0.25, -0.2) is 4.79 Å². The number of para-hydroxylation sites is 1. The van der Waals surface area contributed by atoms with E-state index in [4.69, 9.17) is 0 Å². The predicted molar refractivity (Wildman–Crippen MR) is 93.8 cm³/mol. The molecule has 5 heteroatoms.